The van der Waals surface area contributed by atoms with E-state index in [-0.39, 0.29) is 11.9 Å². The summed E-state index contributed by atoms with van der Waals surface area (Å²) in [7, 11) is 0. The molecule has 1 fully saturated rings. The SMILES string of the molecule is O=C(c1cnc(Nc2ccccc2)nc1)N1CCCC(Nc2ccccc2)C1. The number of nitrogens with zero attached hydrogens (tertiary/aromatic N) is 3. The number of para-hydroxylation sites is 2. The summed E-state index contributed by atoms with van der Waals surface area (Å²) in [6.45, 7) is 1.44. The summed E-state index contributed by atoms with van der Waals surface area (Å²) in [4.78, 5) is 23.3. The van der Waals surface area contributed by atoms with Crippen molar-refractivity contribution in [2.75, 3.05) is 23.7 Å². The van der Waals surface area contributed by atoms with Crippen molar-refractivity contribution in [1.82, 2.24) is 14.9 Å². The number of benzene rings is 2. The molecule has 1 unspecified atom stereocenters. The van der Waals surface area contributed by atoms with Gasteiger partial charge in [-0.15, -0.1) is 0 Å². The first-order valence-corrected chi connectivity index (χ1v) is 9.53. The molecule has 2 N–H and O–H groups in total. The highest BCUT2D eigenvalue weighted by atomic mass is 16.2. The van der Waals surface area contributed by atoms with E-state index in [1.807, 2.05) is 65.6 Å². The topological polar surface area (TPSA) is 70.2 Å². The van der Waals surface area contributed by atoms with Gasteiger partial charge in [0.2, 0.25) is 5.95 Å². The van der Waals surface area contributed by atoms with Gasteiger partial charge in [0.25, 0.3) is 5.91 Å². The molecule has 1 aliphatic rings. The summed E-state index contributed by atoms with van der Waals surface area (Å²) in [5.74, 6) is 0.454. The van der Waals surface area contributed by atoms with E-state index in [0.717, 1.165) is 30.8 Å². The van der Waals surface area contributed by atoms with Gasteiger partial charge in [0.15, 0.2) is 0 Å². The van der Waals surface area contributed by atoms with Crippen molar-refractivity contribution < 1.29 is 4.79 Å². The summed E-state index contributed by atoms with van der Waals surface area (Å²) < 4.78 is 0. The number of anilines is 3. The summed E-state index contributed by atoms with van der Waals surface area (Å²) in [6.07, 6.45) is 5.21. The predicted molar refractivity (Wildman–Crippen MR) is 111 cm³/mol. The lowest BCUT2D eigenvalue weighted by molar-refractivity contribution is 0.0714. The van der Waals surface area contributed by atoms with Gasteiger partial charge in [-0.1, -0.05) is 36.4 Å². The van der Waals surface area contributed by atoms with Gasteiger partial charge in [-0.3, -0.25) is 4.79 Å². The summed E-state index contributed by atoms with van der Waals surface area (Å²) in [5, 5.41) is 6.65. The monoisotopic (exact) mass is 373 g/mol. The average molecular weight is 373 g/mol. The zero-order valence-corrected chi connectivity index (χ0v) is 15.6. The predicted octanol–water partition coefficient (Wildman–Crippen LogP) is 3.94. The van der Waals surface area contributed by atoms with E-state index in [1.165, 1.54) is 0 Å². The molecule has 1 atom stereocenters. The fraction of sp³-hybridized carbons (Fsp3) is 0.227. The standard InChI is InChI=1S/C22H23N5O/c28-21(17-14-23-22(24-15-17)26-19-10-5-2-6-11-19)27-13-7-12-20(16-27)25-18-8-3-1-4-9-18/h1-6,8-11,14-15,20,25H,7,12-13,16H2,(H,23,24,26). The molecular weight excluding hydrogens is 350 g/mol. The molecule has 4 rings (SSSR count). The molecule has 2 aromatic carbocycles. The van der Waals surface area contributed by atoms with Gasteiger partial charge < -0.3 is 15.5 Å². The van der Waals surface area contributed by atoms with Crippen LogP contribution < -0.4 is 10.6 Å². The maximum absolute atomic E-state index is 12.9. The van der Waals surface area contributed by atoms with Crippen LogP contribution in [-0.2, 0) is 0 Å². The Hall–Kier alpha value is -3.41. The van der Waals surface area contributed by atoms with Crippen molar-refractivity contribution in [3.63, 3.8) is 0 Å². The van der Waals surface area contributed by atoms with E-state index in [9.17, 15) is 4.79 Å². The van der Waals surface area contributed by atoms with Gasteiger partial charge in [-0.05, 0) is 37.1 Å². The smallest absolute Gasteiger partial charge is 0.257 e. The number of nitrogens with one attached hydrogen (secondary N) is 2. The lowest BCUT2D eigenvalue weighted by atomic mass is 10.0. The first-order chi connectivity index (χ1) is 13.8. The summed E-state index contributed by atoms with van der Waals surface area (Å²) >= 11 is 0. The maximum atomic E-state index is 12.9. The molecule has 1 amide bonds. The Kier molecular flexibility index (Phi) is 5.47. The van der Waals surface area contributed by atoms with Crippen LogP contribution in [0.3, 0.4) is 0 Å². The number of carbonyl (C=O) groups is 1. The largest absolute Gasteiger partial charge is 0.381 e. The minimum atomic E-state index is -0.0224. The number of hydrogen-bond acceptors (Lipinski definition) is 5. The molecule has 1 aromatic heterocycles. The molecule has 3 aromatic rings. The van der Waals surface area contributed by atoms with Crippen LogP contribution in [0.25, 0.3) is 0 Å². The van der Waals surface area contributed by atoms with Gasteiger partial charge in [0, 0.05) is 42.9 Å². The molecule has 28 heavy (non-hydrogen) atoms. The minimum Gasteiger partial charge on any atom is -0.381 e. The molecule has 0 bridgehead atoms. The Morgan fingerprint density at radius 3 is 2.25 bits per heavy atom. The number of amides is 1. The second-order valence-corrected chi connectivity index (χ2v) is 6.89. The molecular formula is C22H23N5O. The number of hydrogen-bond donors (Lipinski definition) is 2. The van der Waals surface area contributed by atoms with Gasteiger partial charge in [-0.2, -0.15) is 0 Å². The van der Waals surface area contributed by atoms with Gasteiger partial charge >= 0.3 is 0 Å². The summed E-state index contributed by atoms with van der Waals surface area (Å²) in [6, 6.07) is 20.1. The molecule has 1 aliphatic heterocycles. The molecule has 0 radical (unpaired) electrons. The van der Waals surface area contributed by atoms with Crippen LogP contribution in [0.4, 0.5) is 17.3 Å². The Labute approximate surface area is 164 Å². The third kappa shape index (κ3) is 4.46. The van der Waals surface area contributed by atoms with E-state index in [1.54, 1.807) is 12.4 Å². The first-order valence-electron chi connectivity index (χ1n) is 9.53. The number of piperidine rings is 1. The number of carbonyl (C=O) groups excluding carboxylic acids is 1. The highest BCUT2D eigenvalue weighted by molar-refractivity contribution is 5.93. The van der Waals surface area contributed by atoms with Gasteiger partial charge in [-0.25, -0.2) is 9.97 Å². The summed E-state index contributed by atoms with van der Waals surface area (Å²) in [5.41, 5.74) is 2.51. The zero-order valence-electron chi connectivity index (χ0n) is 15.6. The fourth-order valence-electron chi connectivity index (χ4n) is 3.39. The average Bonchev–Trinajstić information content (AvgIpc) is 2.75. The number of rotatable bonds is 5. The van der Waals surface area contributed by atoms with Crippen LogP contribution in [0, 0.1) is 0 Å². The molecule has 2 heterocycles. The Morgan fingerprint density at radius 1 is 0.929 bits per heavy atom. The van der Waals surface area contributed by atoms with E-state index in [4.69, 9.17) is 0 Å². The highest BCUT2D eigenvalue weighted by Crippen LogP contribution is 2.18. The van der Waals surface area contributed by atoms with Crippen LogP contribution in [0.1, 0.15) is 23.2 Å². The number of likely N-dealkylation sites (tertiary alicyclic amines) is 1. The van der Waals surface area contributed by atoms with E-state index < -0.39 is 0 Å². The molecule has 0 spiro atoms. The normalized spacial score (nSPS) is 16.4. The Bertz CT molecular complexity index is 899. The molecule has 142 valence electrons. The lowest BCUT2D eigenvalue weighted by Crippen LogP contribution is -2.45. The maximum Gasteiger partial charge on any atom is 0.257 e. The first kappa shape index (κ1) is 18.0. The Morgan fingerprint density at radius 2 is 1.57 bits per heavy atom. The molecule has 6 heteroatoms. The molecule has 0 saturated carbocycles. The molecule has 6 nitrogen and oxygen atoms in total. The molecule has 0 aliphatic carbocycles. The van der Waals surface area contributed by atoms with Crippen molar-refractivity contribution in [3.8, 4) is 0 Å². The van der Waals surface area contributed by atoms with E-state index in [2.05, 4.69) is 20.6 Å². The third-order valence-corrected chi connectivity index (χ3v) is 4.78. The highest BCUT2D eigenvalue weighted by Gasteiger charge is 2.24. The third-order valence-electron chi connectivity index (χ3n) is 4.78. The van der Waals surface area contributed by atoms with Gasteiger partial charge in [0.05, 0.1) is 5.56 Å². The van der Waals surface area contributed by atoms with Crippen LogP contribution in [0.5, 0.6) is 0 Å². The van der Waals surface area contributed by atoms with Crippen LogP contribution in [-0.4, -0.2) is 39.9 Å². The second kappa shape index (κ2) is 8.52. The number of aromatic nitrogens is 2. The van der Waals surface area contributed by atoms with Crippen molar-refractivity contribution >= 4 is 23.2 Å². The van der Waals surface area contributed by atoms with Crippen LogP contribution in [0.2, 0.25) is 0 Å². The van der Waals surface area contributed by atoms with Crippen molar-refractivity contribution in [3.05, 3.63) is 78.6 Å². The second-order valence-electron chi connectivity index (χ2n) is 6.89. The van der Waals surface area contributed by atoms with Crippen molar-refractivity contribution in [2.24, 2.45) is 0 Å². The lowest BCUT2D eigenvalue weighted by Gasteiger charge is -2.33. The zero-order chi connectivity index (χ0) is 19.2. The Balaban J connectivity index is 1.38. The van der Waals surface area contributed by atoms with E-state index >= 15 is 0 Å². The van der Waals surface area contributed by atoms with Crippen LogP contribution in [0.15, 0.2) is 73.1 Å². The van der Waals surface area contributed by atoms with Crippen molar-refractivity contribution in [1.29, 1.82) is 0 Å². The quantitative estimate of drug-likeness (QED) is 0.709. The minimum absolute atomic E-state index is 0.0224. The van der Waals surface area contributed by atoms with E-state index in [0.29, 0.717) is 18.1 Å². The van der Waals surface area contributed by atoms with Gasteiger partial charge in [0.1, 0.15) is 0 Å². The van der Waals surface area contributed by atoms with Crippen LogP contribution >= 0.6 is 0 Å². The molecule has 1 saturated heterocycles. The fourth-order valence-corrected chi connectivity index (χ4v) is 3.39. The van der Waals surface area contributed by atoms with Crippen molar-refractivity contribution in [2.45, 2.75) is 18.9 Å².